The van der Waals surface area contributed by atoms with E-state index in [2.05, 4.69) is 29.7 Å². The Morgan fingerprint density at radius 1 is 0.861 bits per heavy atom. The van der Waals surface area contributed by atoms with Gasteiger partial charge in [0, 0.05) is 44.3 Å². The number of methoxy groups -OCH3 is 1. The highest BCUT2D eigenvalue weighted by molar-refractivity contribution is 7.90. The van der Waals surface area contributed by atoms with Gasteiger partial charge in [-0.25, -0.2) is 12.4 Å². The monoisotopic (exact) mass is 503 g/mol. The zero-order valence-corrected chi connectivity index (χ0v) is 21.9. The zero-order chi connectivity index (χ0) is 25.3. The molecule has 1 aliphatic heterocycles. The lowest BCUT2D eigenvalue weighted by molar-refractivity contribution is 0.250. The summed E-state index contributed by atoms with van der Waals surface area (Å²) >= 11 is 0. The lowest BCUT2D eigenvalue weighted by Crippen LogP contribution is -2.46. The van der Waals surface area contributed by atoms with E-state index in [9.17, 15) is 8.42 Å². The highest BCUT2D eigenvalue weighted by atomic mass is 32.2. The van der Waals surface area contributed by atoms with E-state index < -0.39 is 10.0 Å². The Labute approximate surface area is 213 Å². The predicted molar refractivity (Wildman–Crippen MR) is 146 cm³/mol. The first-order valence-electron chi connectivity index (χ1n) is 12.4. The Morgan fingerprint density at radius 2 is 1.53 bits per heavy atom. The number of para-hydroxylation sites is 3. The average molecular weight is 504 g/mol. The molecule has 3 aromatic carbocycles. The molecule has 1 aliphatic rings. The van der Waals surface area contributed by atoms with Crippen molar-refractivity contribution in [2.24, 2.45) is 0 Å². The first-order valence-corrected chi connectivity index (χ1v) is 13.9. The number of fused-ring (bicyclic) bond motifs is 1. The van der Waals surface area contributed by atoms with Crippen LogP contribution >= 0.6 is 0 Å². The molecule has 0 saturated carbocycles. The SMILES string of the molecule is COc1ccccc1N1CCN(Cc2cn(S(=O)(=O)c3ccc(C(C)C)cc3)c3ccccc23)CC1. The van der Waals surface area contributed by atoms with Crippen molar-refractivity contribution in [3.63, 3.8) is 0 Å². The standard InChI is InChI=1S/C29H33N3O3S/c1-22(2)23-12-14-25(15-13-23)36(33,34)32-21-24(26-8-4-5-9-27(26)32)20-30-16-18-31(19-17-30)28-10-6-7-11-29(28)35-3/h4-15,21-22H,16-20H2,1-3H3. The van der Waals surface area contributed by atoms with E-state index in [1.165, 1.54) is 3.97 Å². The molecule has 6 nitrogen and oxygen atoms in total. The van der Waals surface area contributed by atoms with Crippen molar-refractivity contribution in [1.82, 2.24) is 8.87 Å². The Morgan fingerprint density at radius 3 is 2.22 bits per heavy atom. The molecular formula is C29H33N3O3S. The number of ether oxygens (including phenoxy) is 1. The van der Waals surface area contributed by atoms with Crippen LogP contribution in [-0.4, -0.2) is 50.6 Å². The molecule has 2 heterocycles. The molecular weight excluding hydrogens is 470 g/mol. The number of hydrogen-bond donors (Lipinski definition) is 0. The number of rotatable bonds is 7. The van der Waals surface area contributed by atoms with Gasteiger partial charge in [0.1, 0.15) is 5.75 Å². The van der Waals surface area contributed by atoms with Crippen LogP contribution in [0, 0.1) is 0 Å². The van der Waals surface area contributed by atoms with Crippen molar-refractivity contribution in [1.29, 1.82) is 0 Å². The third-order valence-corrected chi connectivity index (χ3v) is 8.74. The van der Waals surface area contributed by atoms with Crippen molar-refractivity contribution in [3.8, 4) is 5.75 Å². The third-order valence-electron chi connectivity index (χ3n) is 7.06. The maximum absolute atomic E-state index is 13.6. The maximum atomic E-state index is 13.6. The fourth-order valence-electron chi connectivity index (χ4n) is 4.96. The van der Waals surface area contributed by atoms with Crippen LogP contribution in [0.15, 0.2) is 83.9 Å². The largest absolute Gasteiger partial charge is 0.495 e. The highest BCUT2D eigenvalue weighted by Crippen LogP contribution is 2.30. The molecule has 1 fully saturated rings. The van der Waals surface area contributed by atoms with Crippen molar-refractivity contribution in [2.45, 2.75) is 31.2 Å². The molecule has 7 heteroatoms. The van der Waals surface area contributed by atoms with Crippen molar-refractivity contribution >= 4 is 26.6 Å². The molecule has 5 rings (SSSR count). The summed E-state index contributed by atoms with van der Waals surface area (Å²) in [4.78, 5) is 5.05. The van der Waals surface area contributed by atoms with Gasteiger partial charge >= 0.3 is 0 Å². The molecule has 0 bridgehead atoms. The first-order chi connectivity index (χ1) is 17.4. The normalized spacial score (nSPS) is 15.1. The summed E-state index contributed by atoms with van der Waals surface area (Å²) in [7, 11) is -2.00. The minimum atomic E-state index is -3.70. The van der Waals surface area contributed by atoms with Gasteiger partial charge in [-0.15, -0.1) is 0 Å². The number of piperazine rings is 1. The van der Waals surface area contributed by atoms with Gasteiger partial charge in [-0.3, -0.25) is 4.90 Å². The van der Waals surface area contributed by atoms with Gasteiger partial charge in [-0.2, -0.15) is 0 Å². The topological polar surface area (TPSA) is 54.8 Å². The van der Waals surface area contributed by atoms with Gasteiger partial charge in [0.05, 0.1) is 23.2 Å². The van der Waals surface area contributed by atoms with Gasteiger partial charge < -0.3 is 9.64 Å². The quantitative estimate of drug-likeness (QED) is 0.341. The predicted octanol–water partition coefficient (Wildman–Crippen LogP) is 5.33. The van der Waals surface area contributed by atoms with Crippen LogP contribution in [0.2, 0.25) is 0 Å². The zero-order valence-electron chi connectivity index (χ0n) is 21.1. The summed E-state index contributed by atoms with van der Waals surface area (Å²) in [6, 6.07) is 23.1. The minimum Gasteiger partial charge on any atom is -0.495 e. The van der Waals surface area contributed by atoms with Crippen LogP contribution < -0.4 is 9.64 Å². The van der Waals surface area contributed by atoms with E-state index in [-0.39, 0.29) is 0 Å². The molecule has 0 atom stereocenters. The van der Waals surface area contributed by atoms with Crippen molar-refractivity contribution in [3.05, 3.63) is 90.1 Å². The highest BCUT2D eigenvalue weighted by Gasteiger charge is 2.24. The summed E-state index contributed by atoms with van der Waals surface area (Å²) < 4.78 is 34.2. The van der Waals surface area contributed by atoms with E-state index in [0.29, 0.717) is 22.9 Å². The number of benzene rings is 3. The second kappa shape index (κ2) is 9.99. The molecule has 188 valence electrons. The molecule has 0 unspecified atom stereocenters. The summed E-state index contributed by atoms with van der Waals surface area (Å²) in [6.45, 7) is 8.47. The summed E-state index contributed by atoms with van der Waals surface area (Å²) in [5.41, 5.74) is 3.98. The summed E-state index contributed by atoms with van der Waals surface area (Å²) in [5, 5.41) is 0.979. The molecule has 4 aromatic rings. The van der Waals surface area contributed by atoms with E-state index >= 15 is 0 Å². The molecule has 0 amide bonds. The molecule has 0 spiro atoms. The Bertz CT molecular complexity index is 1450. The molecule has 1 saturated heterocycles. The van der Waals surface area contributed by atoms with Crippen LogP contribution in [0.1, 0.15) is 30.9 Å². The van der Waals surface area contributed by atoms with Crippen LogP contribution in [0.25, 0.3) is 10.9 Å². The number of aromatic nitrogens is 1. The summed E-state index contributed by atoms with van der Waals surface area (Å²) in [6.07, 6.45) is 1.81. The Hall–Kier alpha value is -3.29. The van der Waals surface area contributed by atoms with E-state index in [0.717, 1.165) is 54.1 Å². The lowest BCUT2D eigenvalue weighted by Gasteiger charge is -2.36. The lowest BCUT2D eigenvalue weighted by atomic mass is 10.0. The summed E-state index contributed by atoms with van der Waals surface area (Å²) in [5.74, 6) is 1.24. The Balaban J connectivity index is 1.38. The fourth-order valence-corrected chi connectivity index (χ4v) is 6.35. The molecule has 36 heavy (non-hydrogen) atoms. The number of hydrogen-bond acceptors (Lipinski definition) is 5. The molecule has 0 radical (unpaired) electrons. The molecule has 1 aromatic heterocycles. The minimum absolute atomic E-state index is 0.310. The van der Waals surface area contributed by atoms with E-state index in [1.54, 1.807) is 19.2 Å². The number of anilines is 1. The molecule has 0 N–H and O–H groups in total. The van der Waals surface area contributed by atoms with Crippen LogP contribution in [0.5, 0.6) is 5.75 Å². The second-order valence-corrected chi connectivity index (χ2v) is 11.4. The number of nitrogens with zero attached hydrogens (tertiary/aromatic N) is 3. The second-order valence-electron chi connectivity index (χ2n) is 9.63. The third kappa shape index (κ3) is 4.61. The molecule has 0 aliphatic carbocycles. The van der Waals surface area contributed by atoms with Crippen molar-refractivity contribution in [2.75, 3.05) is 38.2 Å². The fraction of sp³-hybridized carbons (Fsp3) is 0.310. The van der Waals surface area contributed by atoms with Crippen LogP contribution in [0.3, 0.4) is 0 Å². The van der Waals surface area contributed by atoms with Crippen LogP contribution in [-0.2, 0) is 16.6 Å². The van der Waals surface area contributed by atoms with Gasteiger partial charge in [0.2, 0.25) is 0 Å². The Kier molecular flexibility index (Phi) is 6.77. The average Bonchev–Trinajstić information content (AvgIpc) is 3.28. The smallest absolute Gasteiger partial charge is 0.268 e. The van der Waals surface area contributed by atoms with E-state index in [4.69, 9.17) is 4.74 Å². The van der Waals surface area contributed by atoms with Gasteiger partial charge in [-0.05, 0) is 47.4 Å². The van der Waals surface area contributed by atoms with Gasteiger partial charge in [0.15, 0.2) is 0 Å². The van der Waals surface area contributed by atoms with Gasteiger partial charge in [0.25, 0.3) is 10.0 Å². The maximum Gasteiger partial charge on any atom is 0.268 e. The van der Waals surface area contributed by atoms with Crippen LogP contribution in [0.4, 0.5) is 5.69 Å². The van der Waals surface area contributed by atoms with Crippen molar-refractivity contribution < 1.29 is 13.2 Å². The van der Waals surface area contributed by atoms with E-state index in [1.807, 2.05) is 60.8 Å². The van der Waals surface area contributed by atoms with Gasteiger partial charge in [-0.1, -0.05) is 56.3 Å². The first kappa shape index (κ1) is 24.4.